The maximum atomic E-state index is 14.2. The fourth-order valence-electron chi connectivity index (χ4n) is 3.67. The normalized spacial score (nSPS) is 27.6. The summed E-state index contributed by atoms with van der Waals surface area (Å²) in [5.41, 5.74) is 0.428. The lowest BCUT2D eigenvalue weighted by molar-refractivity contribution is -0.0776. The van der Waals surface area contributed by atoms with Gasteiger partial charge in [0, 0.05) is 13.2 Å². The van der Waals surface area contributed by atoms with Crippen molar-refractivity contribution in [2.45, 2.75) is 50.7 Å². The van der Waals surface area contributed by atoms with E-state index in [2.05, 4.69) is 12.2 Å². The molecule has 1 aromatic rings. The Bertz CT molecular complexity index is 482. The molecular formula is C17H25ClFNO. The van der Waals surface area contributed by atoms with Crippen LogP contribution in [-0.2, 0) is 11.2 Å². The Labute approximate surface area is 132 Å². The van der Waals surface area contributed by atoms with Gasteiger partial charge >= 0.3 is 0 Å². The lowest BCUT2D eigenvalue weighted by atomic mass is 9.73. The predicted octanol–water partition coefficient (Wildman–Crippen LogP) is 4.20. The first-order valence-electron chi connectivity index (χ1n) is 7.67. The lowest BCUT2D eigenvalue weighted by Crippen LogP contribution is -2.54. The van der Waals surface area contributed by atoms with Crippen molar-refractivity contribution >= 4 is 11.6 Å². The Hall–Kier alpha value is -0.640. The average Bonchev–Trinajstić information content (AvgIpc) is 2.48. The zero-order chi connectivity index (χ0) is 15.5. The number of rotatable bonds is 5. The highest BCUT2D eigenvalue weighted by molar-refractivity contribution is 6.30. The Morgan fingerprint density at radius 1 is 1.52 bits per heavy atom. The molecule has 0 amide bonds. The summed E-state index contributed by atoms with van der Waals surface area (Å²) in [4.78, 5) is 0. The monoisotopic (exact) mass is 313 g/mol. The van der Waals surface area contributed by atoms with Gasteiger partial charge in [0.15, 0.2) is 0 Å². The van der Waals surface area contributed by atoms with Crippen LogP contribution in [0.15, 0.2) is 18.2 Å². The molecule has 1 fully saturated rings. The van der Waals surface area contributed by atoms with Crippen LogP contribution < -0.4 is 5.32 Å². The van der Waals surface area contributed by atoms with Crippen LogP contribution in [0.4, 0.5) is 4.39 Å². The molecule has 0 spiro atoms. The highest BCUT2D eigenvalue weighted by atomic mass is 35.5. The molecule has 0 heterocycles. The number of hydrogen-bond donors (Lipinski definition) is 1. The van der Waals surface area contributed by atoms with E-state index in [9.17, 15) is 4.39 Å². The van der Waals surface area contributed by atoms with E-state index in [4.69, 9.17) is 16.3 Å². The van der Waals surface area contributed by atoms with Crippen LogP contribution in [0.5, 0.6) is 0 Å². The molecule has 0 aliphatic heterocycles. The molecule has 21 heavy (non-hydrogen) atoms. The minimum absolute atomic E-state index is 0.0817. The number of nitrogens with one attached hydrogen (secondary N) is 1. The van der Waals surface area contributed by atoms with Gasteiger partial charge in [-0.25, -0.2) is 4.39 Å². The van der Waals surface area contributed by atoms with Gasteiger partial charge in [0.2, 0.25) is 0 Å². The Morgan fingerprint density at radius 2 is 2.29 bits per heavy atom. The molecule has 3 unspecified atom stereocenters. The zero-order valence-electron chi connectivity index (χ0n) is 13.1. The van der Waals surface area contributed by atoms with E-state index in [1.807, 2.05) is 7.05 Å². The van der Waals surface area contributed by atoms with Gasteiger partial charge in [-0.3, -0.25) is 0 Å². The Balaban J connectivity index is 2.23. The molecule has 0 bridgehead atoms. The number of likely N-dealkylation sites (N-methyl/N-ethyl adjacent to an activating group) is 1. The fraction of sp³-hybridized carbons (Fsp3) is 0.647. The molecule has 1 aliphatic rings. The van der Waals surface area contributed by atoms with Crippen LogP contribution in [0.3, 0.4) is 0 Å². The average molecular weight is 314 g/mol. The third-order valence-corrected chi connectivity index (χ3v) is 5.13. The van der Waals surface area contributed by atoms with E-state index in [-0.39, 0.29) is 22.5 Å². The third-order valence-electron chi connectivity index (χ3n) is 4.84. The van der Waals surface area contributed by atoms with Crippen molar-refractivity contribution in [3.8, 4) is 0 Å². The van der Waals surface area contributed by atoms with Crippen molar-refractivity contribution in [1.29, 1.82) is 0 Å². The van der Waals surface area contributed by atoms with Crippen LogP contribution >= 0.6 is 11.6 Å². The van der Waals surface area contributed by atoms with Gasteiger partial charge in [-0.15, -0.1) is 0 Å². The largest absolute Gasteiger partial charge is 0.377 e. The number of halogens is 2. The van der Waals surface area contributed by atoms with Gasteiger partial charge in [0.25, 0.3) is 0 Å². The third kappa shape index (κ3) is 3.58. The summed E-state index contributed by atoms with van der Waals surface area (Å²) in [5.74, 6) is 0.327. The van der Waals surface area contributed by atoms with Crippen molar-refractivity contribution in [1.82, 2.24) is 5.32 Å². The minimum atomic E-state index is -0.311. The lowest BCUT2D eigenvalue weighted by Gasteiger charge is -2.44. The number of methoxy groups -OCH3 is 1. The van der Waals surface area contributed by atoms with E-state index in [0.717, 1.165) is 19.3 Å². The second-order valence-electron chi connectivity index (χ2n) is 6.23. The smallest absolute Gasteiger partial charge is 0.145 e. The number of hydrogen-bond acceptors (Lipinski definition) is 2. The molecule has 2 nitrogen and oxygen atoms in total. The van der Waals surface area contributed by atoms with Gasteiger partial charge in [-0.1, -0.05) is 43.5 Å². The fourth-order valence-corrected chi connectivity index (χ4v) is 3.86. The molecule has 4 heteroatoms. The van der Waals surface area contributed by atoms with Crippen LogP contribution in [0, 0.1) is 11.7 Å². The van der Waals surface area contributed by atoms with Crippen molar-refractivity contribution in [3.05, 3.63) is 34.6 Å². The van der Waals surface area contributed by atoms with E-state index < -0.39 is 0 Å². The van der Waals surface area contributed by atoms with Gasteiger partial charge in [-0.05, 0) is 43.9 Å². The molecule has 0 radical (unpaired) electrons. The van der Waals surface area contributed by atoms with Crippen molar-refractivity contribution in [3.63, 3.8) is 0 Å². The van der Waals surface area contributed by atoms with Gasteiger partial charge in [0.05, 0.1) is 10.6 Å². The van der Waals surface area contributed by atoms with Crippen molar-refractivity contribution in [2.75, 3.05) is 14.2 Å². The molecule has 3 atom stereocenters. The van der Waals surface area contributed by atoms with Gasteiger partial charge in [-0.2, -0.15) is 0 Å². The molecule has 2 rings (SSSR count). The first-order valence-corrected chi connectivity index (χ1v) is 8.05. The van der Waals surface area contributed by atoms with E-state index in [1.54, 1.807) is 25.3 Å². The quantitative estimate of drug-likeness (QED) is 0.879. The van der Waals surface area contributed by atoms with Crippen LogP contribution in [0.25, 0.3) is 0 Å². The number of benzene rings is 1. The van der Waals surface area contributed by atoms with Gasteiger partial charge < -0.3 is 10.1 Å². The van der Waals surface area contributed by atoms with Crippen molar-refractivity contribution in [2.24, 2.45) is 5.92 Å². The maximum absolute atomic E-state index is 14.2. The molecule has 0 saturated heterocycles. The molecular weight excluding hydrogens is 289 g/mol. The van der Waals surface area contributed by atoms with Crippen LogP contribution in [0.2, 0.25) is 5.02 Å². The van der Waals surface area contributed by atoms with E-state index >= 15 is 0 Å². The Morgan fingerprint density at radius 3 is 2.90 bits per heavy atom. The standard InChI is InChI=1S/C17H25ClFNO/c1-12-6-5-9-17(11-12,21-3)15(20-2)10-13-7-4-8-14(18)16(13)19/h4,7-8,12,15,20H,5-6,9-11H2,1-3H3. The van der Waals surface area contributed by atoms with E-state index in [1.165, 1.54) is 6.42 Å². The second-order valence-corrected chi connectivity index (χ2v) is 6.64. The Kier molecular flexibility index (Phi) is 5.64. The summed E-state index contributed by atoms with van der Waals surface area (Å²) in [6.45, 7) is 2.26. The van der Waals surface area contributed by atoms with Crippen molar-refractivity contribution < 1.29 is 9.13 Å². The summed E-state index contributed by atoms with van der Waals surface area (Å²) in [5, 5.41) is 3.53. The summed E-state index contributed by atoms with van der Waals surface area (Å²) < 4.78 is 20.1. The second kappa shape index (κ2) is 7.08. The summed E-state index contributed by atoms with van der Waals surface area (Å²) in [6.07, 6.45) is 5.01. The van der Waals surface area contributed by atoms with Crippen LogP contribution in [0.1, 0.15) is 38.2 Å². The summed E-state index contributed by atoms with van der Waals surface area (Å²) >= 11 is 5.89. The van der Waals surface area contributed by atoms with Gasteiger partial charge in [0.1, 0.15) is 5.82 Å². The predicted molar refractivity (Wildman–Crippen MR) is 85.3 cm³/mol. The first-order chi connectivity index (χ1) is 10.0. The summed E-state index contributed by atoms with van der Waals surface area (Å²) in [6, 6.07) is 5.28. The SMILES string of the molecule is CNC(Cc1cccc(Cl)c1F)C1(OC)CCCC(C)C1. The molecule has 1 aromatic carbocycles. The zero-order valence-corrected chi connectivity index (χ0v) is 13.8. The minimum Gasteiger partial charge on any atom is -0.377 e. The molecule has 118 valence electrons. The number of ether oxygens (including phenoxy) is 1. The first kappa shape index (κ1) is 16.7. The molecule has 0 aromatic heterocycles. The highest BCUT2D eigenvalue weighted by Gasteiger charge is 2.41. The molecule has 1 saturated carbocycles. The van der Waals surface area contributed by atoms with Crippen LogP contribution in [-0.4, -0.2) is 25.8 Å². The van der Waals surface area contributed by atoms with E-state index in [0.29, 0.717) is 17.9 Å². The molecule has 1 aliphatic carbocycles. The maximum Gasteiger partial charge on any atom is 0.145 e. The highest BCUT2D eigenvalue weighted by Crippen LogP contribution is 2.38. The topological polar surface area (TPSA) is 21.3 Å². The summed E-state index contributed by atoms with van der Waals surface area (Å²) in [7, 11) is 3.70. The molecule has 1 N–H and O–H groups in total.